The van der Waals surface area contributed by atoms with Gasteiger partial charge in [-0.15, -0.1) is 5.10 Å². The average molecular weight is 307 g/mol. The molecule has 2 aromatic rings. The van der Waals surface area contributed by atoms with Crippen molar-refractivity contribution in [2.45, 2.75) is 18.4 Å². The van der Waals surface area contributed by atoms with Crippen LogP contribution in [0.25, 0.3) is 5.69 Å². The molecule has 7 nitrogen and oxygen atoms in total. The summed E-state index contributed by atoms with van der Waals surface area (Å²) < 4.78 is 1.37. The van der Waals surface area contributed by atoms with Crippen LogP contribution >= 0.6 is 11.6 Å². The summed E-state index contributed by atoms with van der Waals surface area (Å²) in [5.41, 5.74) is -0.516. The summed E-state index contributed by atoms with van der Waals surface area (Å²) in [5.74, 6) is -1.59. The van der Waals surface area contributed by atoms with Crippen molar-refractivity contribution in [2.75, 3.05) is 0 Å². The lowest BCUT2D eigenvalue weighted by molar-refractivity contribution is -0.140. The lowest BCUT2D eigenvalue weighted by atomic mass is 10.2. The van der Waals surface area contributed by atoms with Gasteiger partial charge >= 0.3 is 5.97 Å². The van der Waals surface area contributed by atoms with E-state index in [0.29, 0.717) is 23.6 Å². The van der Waals surface area contributed by atoms with Crippen molar-refractivity contribution in [3.8, 4) is 5.69 Å². The Bertz CT molecular complexity index is 724. The molecular formula is C13H11ClN4O3. The monoisotopic (exact) mass is 306 g/mol. The van der Waals surface area contributed by atoms with Crippen molar-refractivity contribution in [3.63, 3.8) is 0 Å². The predicted molar refractivity (Wildman–Crippen MR) is 73.4 cm³/mol. The quantitative estimate of drug-likeness (QED) is 0.886. The third kappa shape index (κ3) is 2.47. The first-order valence-corrected chi connectivity index (χ1v) is 6.63. The van der Waals surface area contributed by atoms with Crippen molar-refractivity contribution in [1.82, 2.24) is 20.3 Å². The highest BCUT2D eigenvalue weighted by atomic mass is 35.5. The minimum atomic E-state index is -1.15. The fourth-order valence-corrected chi connectivity index (χ4v) is 2.14. The fraction of sp³-hybridized carbons (Fsp3) is 0.231. The van der Waals surface area contributed by atoms with Gasteiger partial charge in [-0.1, -0.05) is 28.9 Å². The number of carbonyl (C=O) groups excluding carboxylic acids is 1. The molecule has 108 valence electrons. The zero-order valence-electron chi connectivity index (χ0n) is 10.8. The molecule has 0 aliphatic heterocycles. The number of nitrogens with zero attached hydrogens (tertiary/aromatic N) is 3. The Morgan fingerprint density at radius 3 is 2.67 bits per heavy atom. The summed E-state index contributed by atoms with van der Waals surface area (Å²) in [7, 11) is 0. The molecule has 1 aromatic heterocycles. The van der Waals surface area contributed by atoms with E-state index < -0.39 is 17.4 Å². The molecule has 21 heavy (non-hydrogen) atoms. The Balaban J connectivity index is 1.81. The van der Waals surface area contributed by atoms with Gasteiger partial charge in [0, 0.05) is 0 Å². The zero-order valence-corrected chi connectivity index (χ0v) is 11.5. The molecule has 0 atom stereocenters. The van der Waals surface area contributed by atoms with Crippen molar-refractivity contribution in [1.29, 1.82) is 0 Å². The minimum absolute atomic E-state index is 0.0439. The van der Waals surface area contributed by atoms with E-state index in [1.807, 2.05) is 0 Å². The minimum Gasteiger partial charge on any atom is -0.480 e. The number of aromatic nitrogens is 3. The number of nitrogens with one attached hydrogen (secondary N) is 1. The number of hydrogen-bond donors (Lipinski definition) is 2. The molecule has 0 unspecified atom stereocenters. The second-order valence-corrected chi connectivity index (χ2v) is 5.25. The van der Waals surface area contributed by atoms with Gasteiger partial charge in [-0.3, -0.25) is 4.79 Å². The lowest BCUT2D eigenvalue weighted by Gasteiger charge is -2.10. The second-order valence-electron chi connectivity index (χ2n) is 4.84. The number of hydrogen-bond acceptors (Lipinski definition) is 4. The number of carboxylic acid groups (broad SMARTS) is 1. The molecule has 1 saturated carbocycles. The topological polar surface area (TPSA) is 97.1 Å². The van der Waals surface area contributed by atoms with Gasteiger partial charge < -0.3 is 10.4 Å². The fourth-order valence-electron chi connectivity index (χ4n) is 1.92. The Kier molecular flexibility index (Phi) is 3.13. The van der Waals surface area contributed by atoms with Gasteiger partial charge in [-0.2, -0.15) is 0 Å². The van der Waals surface area contributed by atoms with Crippen molar-refractivity contribution in [2.24, 2.45) is 0 Å². The van der Waals surface area contributed by atoms with Crippen molar-refractivity contribution >= 4 is 23.5 Å². The first-order valence-electron chi connectivity index (χ1n) is 6.25. The first-order chi connectivity index (χ1) is 10.0. The van der Waals surface area contributed by atoms with Crippen LogP contribution in [0.5, 0.6) is 0 Å². The SMILES string of the molecule is O=C(NC1(C(=O)O)CC1)c1cn(-c2ccccc2Cl)nn1. The van der Waals surface area contributed by atoms with Gasteiger partial charge in [0.15, 0.2) is 5.69 Å². The van der Waals surface area contributed by atoms with Crippen LogP contribution in [-0.4, -0.2) is 37.5 Å². The average Bonchev–Trinajstić information content (AvgIpc) is 3.07. The molecule has 8 heteroatoms. The largest absolute Gasteiger partial charge is 0.480 e. The summed E-state index contributed by atoms with van der Waals surface area (Å²) >= 11 is 6.04. The number of aliphatic carboxylic acids is 1. The number of para-hydroxylation sites is 1. The molecule has 0 radical (unpaired) electrons. The molecule has 0 bridgehead atoms. The molecule has 1 heterocycles. The van der Waals surface area contributed by atoms with Crippen LogP contribution in [0.1, 0.15) is 23.3 Å². The Labute approximate surface area is 124 Å². The van der Waals surface area contributed by atoms with Gasteiger partial charge in [0.25, 0.3) is 5.91 Å². The second kappa shape index (κ2) is 4.85. The molecule has 0 saturated heterocycles. The van der Waals surface area contributed by atoms with Crippen LogP contribution in [0.2, 0.25) is 5.02 Å². The molecule has 1 aliphatic rings. The van der Waals surface area contributed by atoms with Gasteiger partial charge in [-0.05, 0) is 25.0 Å². The van der Waals surface area contributed by atoms with Crippen LogP contribution in [0.4, 0.5) is 0 Å². The van der Waals surface area contributed by atoms with E-state index in [1.54, 1.807) is 24.3 Å². The van der Waals surface area contributed by atoms with Gasteiger partial charge in [0.1, 0.15) is 5.54 Å². The highest BCUT2D eigenvalue weighted by Crippen LogP contribution is 2.35. The molecule has 0 spiro atoms. The van der Waals surface area contributed by atoms with E-state index in [9.17, 15) is 9.59 Å². The summed E-state index contributed by atoms with van der Waals surface area (Å²) in [6.07, 6.45) is 2.26. The Hall–Kier alpha value is -2.41. The molecular weight excluding hydrogens is 296 g/mol. The van der Waals surface area contributed by atoms with Crippen LogP contribution in [-0.2, 0) is 4.79 Å². The molecule has 1 fully saturated rings. The van der Waals surface area contributed by atoms with Gasteiger partial charge in [-0.25, -0.2) is 9.48 Å². The maximum absolute atomic E-state index is 12.0. The normalized spacial score (nSPS) is 15.5. The standard InChI is InChI=1S/C13H11ClN4O3/c14-8-3-1-2-4-10(8)18-7-9(16-17-18)11(19)15-13(5-6-13)12(20)21/h1-4,7H,5-6H2,(H,15,19)(H,20,21). The van der Waals surface area contributed by atoms with Crippen LogP contribution in [0.15, 0.2) is 30.5 Å². The van der Waals surface area contributed by atoms with E-state index in [0.717, 1.165) is 0 Å². The van der Waals surface area contributed by atoms with Gasteiger partial charge in [0.2, 0.25) is 0 Å². The molecule has 3 rings (SSSR count). The number of halogens is 1. The van der Waals surface area contributed by atoms with Crippen LogP contribution in [0, 0.1) is 0 Å². The summed E-state index contributed by atoms with van der Waals surface area (Å²) in [4.78, 5) is 23.1. The molecule has 2 N–H and O–H groups in total. The van der Waals surface area contributed by atoms with E-state index in [-0.39, 0.29) is 5.69 Å². The molecule has 1 aliphatic carbocycles. The third-order valence-electron chi connectivity index (χ3n) is 3.34. The van der Waals surface area contributed by atoms with E-state index in [2.05, 4.69) is 15.6 Å². The van der Waals surface area contributed by atoms with E-state index in [1.165, 1.54) is 10.9 Å². The van der Waals surface area contributed by atoms with Crippen LogP contribution in [0.3, 0.4) is 0 Å². The number of carbonyl (C=O) groups is 2. The van der Waals surface area contributed by atoms with Crippen molar-refractivity contribution in [3.05, 3.63) is 41.2 Å². The third-order valence-corrected chi connectivity index (χ3v) is 3.66. The maximum atomic E-state index is 12.0. The lowest BCUT2D eigenvalue weighted by Crippen LogP contribution is -2.43. The smallest absolute Gasteiger partial charge is 0.329 e. The number of amides is 1. The van der Waals surface area contributed by atoms with E-state index in [4.69, 9.17) is 16.7 Å². The maximum Gasteiger partial charge on any atom is 0.329 e. The number of rotatable bonds is 4. The predicted octanol–water partition coefficient (Wildman–Crippen LogP) is 1.27. The number of benzene rings is 1. The summed E-state index contributed by atoms with van der Waals surface area (Å²) in [6, 6.07) is 6.99. The van der Waals surface area contributed by atoms with Crippen molar-refractivity contribution < 1.29 is 14.7 Å². The molecule has 1 amide bonds. The first kappa shape index (κ1) is 13.6. The van der Waals surface area contributed by atoms with E-state index >= 15 is 0 Å². The Morgan fingerprint density at radius 2 is 2.05 bits per heavy atom. The van der Waals surface area contributed by atoms with Gasteiger partial charge in [0.05, 0.1) is 16.9 Å². The van der Waals surface area contributed by atoms with Crippen LogP contribution < -0.4 is 5.32 Å². The highest BCUT2D eigenvalue weighted by molar-refractivity contribution is 6.32. The molecule has 1 aromatic carbocycles. The Morgan fingerprint density at radius 1 is 1.33 bits per heavy atom. The summed E-state index contributed by atoms with van der Waals surface area (Å²) in [5, 5.41) is 19.6. The number of carboxylic acids is 1. The highest BCUT2D eigenvalue weighted by Gasteiger charge is 2.52. The summed E-state index contributed by atoms with van der Waals surface area (Å²) in [6.45, 7) is 0. The zero-order chi connectivity index (χ0) is 15.0.